The predicted molar refractivity (Wildman–Crippen MR) is 114 cm³/mol. The Morgan fingerprint density at radius 2 is 1.92 bits per heavy atom. The van der Waals surface area contributed by atoms with E-state index in [1.54, 1.807) is 12.1 Å². The minimum Gasteiger partial charge on any atom is -0.357 e. The van der Waals surface area contributed by atoms with Gasteiger partial charge in [0, 0.05) is 30.6 Å². The number of nitrogens with one attached hydrogen (secondary N) is 3. The van der Waals surface area contributed by atoms with Gasteiger partial charge in [-0.3, -0.25) is 4.99 Å². The van der Waals surface area contributed by atoms with Crippen LogP contribution in [0.4, 0.5) is 4.39 Å². The van der Waals surface area contributed by atoms with Crippen molar-refractivity contribution in [1.82, 2.24) is 16.0 Å². The van der Waals surface area contributed by atoms with E-state index in [-0.39, 0.29) is 40.7 Å². The summed E-state index contributed by atoms with van der Waals surface area (Å²) in [4.78, 5) is 4.73. The molecule has 0 unspecified atom stereocenters. The molecular weight excluding hydrogens is 430 g/mol. The first-order valence-electron chi connectivity index (χ1n) is 8.88. The lowest BCUT2D eigenvalue weighted by Crippen LogP contribution is -2.44. The standard InChI is InChI=1S/C19H31FN4.HI/c1-5-21-17(22-11-12-24-18(2,3)4)23-14-19(9-10-19)15-7-6-8-16(20)13-15;/h6-8,13,24H,5,9-12,14H2,1-4H3,(H2,21,22,23);1H. The lowest BCUT2D eigenvalue weighted by molar-refractivity contribution is 0.428. The Morgan fingerprint density at radius 1 is 1.20 bits per heavy atom. The van der Waals surface area contributed by atoms with Crippen molar-refractivity contribution in [2.45, 2.75) is 51.5 Å². The summed E-state index contributed by atoms with van der Waals surface area (Å²) < 4.78 is 13.5. The van der Waals surface area contributed by atoms with Gasteiger partial charge in [0.2, 0.25) is 0 Å². The highest BCUT2D eigenvalue weighted by molar-refractivity contribution is 14.0. The molecule has 0 atom stereocenters. The van der Waals surface area contributed by atoms with Gasteiger partial charge in [0.15, 0.2) is 5.96 Å². The Labute approximate surface area is 168 Å². The van der Waals surface area contributed by atoms with Crippen molar-refractivity contribution in [3.8, 4) is 0 Å². The van der Waals surface area contributed by atoms with E-state index >= 15 is 0 Å². The zero-order valence-corrected chi connectivity index (χ0v) is 18.1. The summed E-state index contributed by atoms with van der Waals surface area (Å²) in [5.41, 5.74) is 1.21. The fourth-order valence-electron chi connectivity index (χ4n) is 2.70. The second-order valence-electron chi connectivity index (χ2n) is 7.59. The van der Waals surface area contributed by atoms with Gasteiger partial charge in [-0.15, -0.1) is 24.0 Å². The van der Waals surface area contributed by atoms with Crippen molar-refractivity contribution >= 4 is 29.9 Å². The van der Waals surface area contributed by atoms with Crippen molar-refractivity contribution in [1.29, 1.82) is 0 Å². The average molecular weight is 462 g/mol. The first kappa shape index (κ1) is 22.2. The number of hydrogen-bond donors (Lipinski definition) is 3. The normalized spacial score (nSPS) is 16.1. The first-order chi connectivity index (χ1) is 11.3. The topological polar surface area (TPSA) is 48.5 Å². The van der Waals surface area contributed by atoms with Crippen LogP contribution in [0.15, 0.2) is 29.3 Å². The molecule has 1 fully saturated rings. The number of nitrogens with zero attached hydrogens (tertiary/aromatic N) is 1. The number of aliphatic imine (C=N–C) groups is 1. The van der Waals surface area contributed by atoms with Crippen LogP contribution in [0.3, 0.4) is 0 Å². The van der Waals surface area contributed by atoms with E-state index < -0.39 is 0 Å². The van der Waals surface area contributed by atoms with Gasteiger partial charge >= 0.3 is 0 Å². The van der Waals surface area contributed by atoms with Gasteiger partial charge in [0.05, 0.1) is 6.54 Å². The predicted octanol–water partition coefficient (Wildman–Crippen LogP) is 3.42. The number of halogens is 2. The van der Waals surface area contributed by atoms with E-state index in [1.807, 2.05) is 6.07 Å². The summed E-state index contributed by atoms with van der Waals surface area (Å²) in [5, 5.41) is 10.1. The highest BCUT2D eigenvalue weighted by Gasteiger charge is 2.44. The first-order valence-corrected chi connectivity index (χ1v) is 8.88. The van der Waals surface area contributed by atoms with Crippen molar-refractivity contribution in [2.24, 2.45) is 4.99 Å². The van der Waals surface area contributed by atoms with E-state index in [9.17, 15) is 4.39 Å². The van der Waals surface area contributed by atoms with Crippen LogP contribution in [0.1, 0.15) is 46.1 Å². The van der Waals surface area contributed by atoms with Crippen molar-refractivity contribution < 1.29 is 4.39 Å². The lowest BCUT2D eigenvalue weighted by Gasteiger charge is -2.21. The molecule has 25 heavy (non-hydrogen) atoms. The molecule has 1 aliphatic rings. The molecule has 4 nitrogen and oxygen atoms in total. The van der Waals surface area contributed by atoms with Crippen LogP contribution < -0.4 is 16.0 Å². The molecule has 142 valence electrons. The molecule has 0 heterocycles. The lowest BCUT2D eigenvalue weighted by atomic mass is 9.96. The van der Waals surface area contributed by atoms with Crippen LogP contribution in [0.25, 0.3) is 0 Å². The third-order valence-corrected chi connectivity index (χ3v) is 4.25. The molecule has 0 aromatic heterocycles. The molecule has 0 aliphatic heterocycles. The average Bonchev–Trinajstić information content (AvgIpc) is 3.29. The van der Waals surface area contributed by atoms with Crippen molar-refractivity contribution in [3.05, 3.63) is 35.6 Å². The van der Waals surface area contributed by atoms with Gasteiger partial charge in [0.25, 0.3) is 0 Å². The van der Waals surface area contributed by atoms with Crippen LogP contribution in [0.2, 0.25) is 0 Å². The molecule has 1 aromatic rings. The van der Waals surface area contributed by atoms with Crippen LogP contribution in [0.5, 0.6) is 0 Å². The van der Waals surface area contributed by atoms with Crippen molar-refractivity contribution in [2.75, 3.05) is 26.2 Å². The van der Waals surface area contributed by atoms with Gasteiger partial charge in [-0.1, -0.05) is 12.1 Å². The fraction of sp³-hybridized carbons (Fsp3) is 0.632. The third kappa shape index (κ3) is 7.48. The maximum absolute atomic E-state index is 13.5. The Morgan fingerprint density at radius 3 is 2.48 bits per heavy atom. The van der Waals surface area contributed by atoms with Crippen LogP contribution in [0, 0.1) is 5.82 Å². The molecular formula is C19H32FIN4. The highest BCUT2D eigenvalue weighted by Crippen LogP contribution is 2.48. The summed E-state index contributed by atoms with van der Waals surface area (Å²) >= 11 is 0. The summed E-state index contributed by atoms with van der Waals surface area (Å²) in [6.07, 6.45) is 2.15. The Hall–Kier alpha value is -0.890. The monoisotopic (exact) mass is 462 g/mol. The van der Waals surface area contributed by atoms with E-state index in [2.05, 4.69) is 43.6 Å². The fourth-order valence-corrected chi connectivity index (χ4v) is 2.70. The van der Waals surface area contributed by atoms with E-state index in [0.29, 0.717) is 6.54 Å². The summed E-state index contributed by atoms with van der Waals surface area (Å²) in [6, 6.07) is 6.95. The SMILES string of the molecule is CCNC(=NCC1(c2cccc(F)c2)CC1)NCCNC(C)(C)C.I. The molecule has 1 aliphatic carbocycles. The molecule has 3 N–H and O–H groups in total. The van der Waals surface area contributed by atoms with E-state index in [1.165, 1.54) is 6.07 Å². The largest absolute Gasteiger partial charge is 0.357 e. The van der Waals surface area contributed by atoms with Crippen LogP contribution >= 0.6 is 24.0 Å². The number of rotatable bonds is 7. The molecule has 1 saturated carbocycles. The summed E-state index contributed by atoms with van der Waals surface area (Å²) in [6.45, 7) is 11.7. The molecule has 2 rings (SSSR count). The number of hydrogen-bond acceptors (Lipinski definition) is 2. The van der Waals surface area contributed by atoms with Crippen molar-refractivity contribution in [3.63, 3.8) is 0 Å². The molecule has 1 aromatic carbocycles. The molecule has 0 bridgehead atoms. The van der Waals surface area contributed by atoms with Gasteiger partial charge in [-0.25, -0.2) is 4.39 Å². The zero-order chi connectivity index (χ0) is 17.6. The van der Waals surface area contributed by atoms with Gasteiger partial charge in [0.1, 0.15) is 5.82 Å². The molecule has 0 saturated heterocycles. The van der Waals surface area contributed by atoms with Crippen LogP contribution in [-0.2, 0) is 5.41 Å². The summed E-state index contributed by atoms with van der Waals surface area (Å²) in [5.74, 6) is 0.664. The third-order valence-electron chi connectivity index (χ3n) is 4.25. The number of guanidine groups is 1. The quantitative estimate of drug-likeness (QED) is 0.252. The highest BCUT2D eigenvalue weighted by atomic mass is 127. The van der Waals surface area contributed by atoms with Gasteiger partial charge in [-0.2, -0.15) is 0 Å². The Kier molecular flexibility index (Phi) is 8.60. The molecule has 0 amide bonds. The second kappa shape index (κ2) is 9.71. The minimum absolute atomic E-state index is 0. The Balaban J connectivity index is 0.00000312. The van der Waals surface area contributed by atoms with E-state index in [0.717, 1.165) is 44.0 Å². The molecule has 6 heteroatoms. The van der Waals surface area contributed by atoms with Gasteiger partial charge in [-0.05, 0) is 58.2 Å². The minimum atomic E-state index is -0.166. The van der Waals surface area contributed by atoms with Gasteiger partial charge < -0.3 is 16.0 Å². The molecule has 0 spiro atoms. The Bertz CT molecular complexity index is 565. The molecule has 0 radical (unpaired) electrons. The number of benzene rings is 1. The maximum Gasteiger partial charge on any atom is 0.191 e. The van der Waals surface area contributed by atoms with E-state index in [4.69, 9.17) is 4.99 Å². The summed E-state index contributed by atoms with van der Waals surface area (Å²) in [7, 11) is 0. The van der Waals surface area contributed by atoms with Crippen LogP contribution in [-0.4, -0.2) is 37.7 Å². The zero-order valence-electron chi connectivity index (χ0n) is 15.8. The maximum atomic E-state index is 13.5. The second-order valence-corrected chi connectivity index (χ2v) is 7.59. The smallest absolute Gasteiger partial charge is 0.191 e.